The number of anilines is 3. The Hall–Kier alpha value is -2.72. The molecule has 2 N–H and O–H groups in total. The number of nitrogens with one attached hydrogen (secondary N) is 2. The van der Waals surface area contributed by atoms with Gasteiger partial charge in [-0.3, -0.25) is 14.3 Å². The maximum atomic E-state index is 12.8. The van der Waals surface area contributed by atoms with E-state index in [-0.39, 0.29) is 18.4 Å². The molecule has 2 aromatic rings. The monoisotopic (exact) mass is 488 g/mol. The predicted molar refractivity (Wildman–Crippen MR) is 134 cm³/mol. The quantitative estimate of drug-likeness (QED) is 0.649. The lowest BCUT2D eigenvalue weighted by atomic mass is 10.00. The van der Waals surface area contributed by atoms with E-state index in [1.807, 2.05) is 27.6 Å². The van der Waals surface area contributed by atoms with Crippen molar-refractivity contribution < 1.29 is 18.0 Å². The van der Waals surface area contributed by atoms with Crippen LogP contribution in [0.25, 0.3) is 0 Å². The highest BCUT2D eigenvalue weighted by atomic mass is 32.2. The van der Waals surface area contributed by atoms with Gasteiger partial charge in [0.2, 0.25) is 15.9 Å². The van der Waals surface area contributed by atoms with Crippen molar-refractivity contribution in [2.24, 2.45) is 0 Å². The van der Waals surface area contributed by atoms with Gasteiger partial charge in [0.1, 0.15) is 0 Å². The molecule has 33 heavy (non-hydrogen) atoms. The van der Waals surface area contributed by atoms with Crippen LogP contribution in [0.15, 0.2) is 42.5 Å². The molecule has 0 atom stereocenters. The van der Waals surface area contributed by atoms with E-state index in [9.17, 15) is 18.0 Å². The van der Waals surface area contributed by atoms with E-state index < -0.39 is 10.0 Å². The van der Waals surface area contributed by atoms with Crippen molar-refractivity contribution in [1.82, 2.24) is 4.90 Å². The summed E-state index contributed by atoms with van der Waals surface area (Å²) in [7, 11) is -3.39. The fourth-order valence-electron chi connectivity index (χ4n) is 4.21. The van der Waals surface area contributed by atoms with Crippen LogP contribution in [0.4, 0.5) is 17.1 Å². The van der Waals surface area contributed by atoms with Crippen molar-refractivity contribution in [2.45, 2.75) is 12.8 Å². The highest BCUT2D eigenvalue weighted by molar-refractivity contribution is 7.99. The first-order chi connectivity index (χ1) is 15.8. The Morgan fingerprint density at radius 3 is 2.58 bits per heavy atom. The minimum atomic E-state index is -3.39. The lowest BCUT2D eigenvalue weighted by Gasteiger charge is -2.32. The lowest BCUT2D eigenvalue weighted by molar-refractivity contribution is -0.115. The minimum Gasteiger partial charge on any atom is -0.362 e. The summed E-state index contributed by atoms with van der Waals surface area (Å²) in [4.78, 5) is 29.4. The molecule has 0 aromatic heterocycles. The Balaban J connectivity index is 1.44. The maximum absolute atomic E-state index is 12.8. The van der Waals surface area contributed by atoms with Gasteiger partial charge in [-0.25, -0.2) is 8.42 Å². The summed E-state index contributed by atoms with van der Waals surface area (Å²) in [6.45, 7) is 2.32. The largest absolute Gasteiger partial charge is 0.362 e. The number of hydrogen-bond donors (Lipinski definition) is 2. The molecule has 0 unspecified atom stereocenters. The van der Waals surface area contributed by atoms with Crippen LogP contribution in [0.1, 0.15) is 22.3 Å². The molecule has 8 nitrogen and oxygen atoms in total. The molecule has 10 heteroatoms. The third-order valence-electron chi connectivity index (χ3n) is 5.67. The van der Waals surface area contributed by atoms with Crippen LogP contribution in [-0.4, -0.2) is 69.1 Å². The SMILES string of the molecule is CS(=O)(=O)Nc1cccc2c1CCCN2CC(=O)Nc1cccc(C(=O)N2CCSCC2)c1. The zero-order chi connectivity index (χ0) is 23.4. The van der Waals surface area contributed by atoms with Crippen molar-refractivity contribution in [3.05, 3.63) is 53.6 Å². The fraction of sp³-hybridized carbons (Fsp3) is 0.391. The summed E-state index contributed by atoms with van der Waals surface area (Å²) >= 11 is 1.85. The molecule has 0 bridgehead atoms. The first-order valence-corrected chi connectivity index (χ1v) is 14.0. The van der Waals surface area contributed by atoms with E-state index in [0.29, 0.717) is 23.5 Å². The second-order valence-electron chi connectivity index (χ2n) is 8.24. The summed E-state index contributed by atoms with van der Waals surface area (Å²) < 4.78 is 26.0. The van der Waals surface area contributed by atoms with E-state index in [4.69, 9.17) is 0 Å². The van der Waals surface area contributed by atoms with Gasteiger partial charge in [-0.05, 0) is 48.7 Å². The average molecular weight is 489 g/mol. The van der Waals surface area contributed by atoms with Crippen molar-refractivity contribution in [2.75, 3.05) is 58.9 Å². The standard InChI is InChI=1S/C23H28N4O4S2/c1-33(30,31)25-20-8-3-9-21-19(20)7-4-10-27(21)16-22(28)24-18-6-2-5-17(15-18)23(29)26-11-13-32-14-12-26/h2-3,5-6,8-9,15,25H,4,7,10-14,16H2,1H3,(H,24,28). The first-order valence-electron chi connectivity index (χ1n) is 10.9. The molecule has 4 rings (SSSR count). The van der Waals surface area contributed by atoms with Gasteiger partial charge < -0.3 is 15.1 Å². The molecule has 2 amide bonds. The van der Waals surface area contributed by atoms with Crippen LogP contribution in [0, 0.1) is 0 Å². The van der Waals surface area contributed by atoms with Gasteiger partial charge in [0, 0.05) is 48.1 Å². The molecular weight excluding hydrogens is 460 g/mol. The number of fused-ring (bicyclic) bond motifs is 1. The summed E-state index contributed by atoms with van der Waals surface area (Å²) in [5, 5.41) is 2.90. The zero-order valence-electron chi connectivity index (χ0n) is 18.5. The zero-order valence-corrected chi connectivity index (χ0v) is 20.2. The Morgan fingerprint density at radius 2 is 1.82 bits per heavy atom. The van der Waals surface area contributed by atoms with E-state index in [2.05, 4.69) is 10.0 Å². The van der Waals surface area contributed by atoms with Gasteiger partial charge in [-0.1, -0.05) is 12.1 Å². The van der Waals surface area contributed by atoms with Crippen LogP contribution in [-0.2, 0) is 21.2 Å². The molecule has 0 aliphatic carbocycles. The van der Waals surface area contributed by atoms with Gasteiger partial charge in [0.15, 0.2) is 0 Å². The van der Waals surface area contributed by atoms with E-state index in [1.54, 1.807) is 36.4 Å². The molecule has 1 fully saturated rings. The highest BCUT2D eigenvalue weighted by Crippen LogP contribution is 2.33. The number of nitrogens with zero attached hydrogens (tertiary/aromatic N) is 2. The Kier molecular flexibility index (Phi) is 7.14. The van der Waals surface area contributed by atoms with Crippen LogP contribution in [0.3, 0.4) is 0 Å². The Labute approximate surface area is 198 Å². The Morgan fingerprint density at radius 1 is 1.06 bits per heavy atom. The number of sulfonamides is 1. The summed E-state index contributed by atoms with van der Waals surface area (Å²) in [5.41, 5.74) is 3.47. The molecule has 2 aliphatic rings. The van der Waals surface area contributed by atoms with Gasteiger partial charge in [0.05, 0.1) is 18.5 Å². The third kappa shape index (κ3) is 6.00. The number of benzene rings is 2. The first kappa shape index (κ1) is 23.4. The van der Waals surface area contributed by atoms with Crippen LogP contribution in [0.2, 0.25) is 0 Å². The minimum absolute atomic E-state index is 0.0118. The fourth-order valence-corrected chi connectivity index (χ4v) is 5.71. The smallest absolute Gasteiger partial charge is 0.253 e. The normalized spacial score (nSPS) is 16.2. The van der Waals surface area contributed by atoms with Gasteiger partial charge in [-0.2, -0.15) is 11.8 Å². The number of carbonyl (C=O) groups excluding carboxylic acids is 2. The molecular formula is C23H28N4O4S2. The van der Waals surface area contributed by atoms with Crippen molar-refractivity contribution in [3.8, 4) is 0 Å². The molecule has 2 aromatic carbocycles. The lowest BCUT2D eigenvalue weighted by Crippen LogP contribution is -2.38. The average Bonchev–Trinajstić information content (AvgIpc) is 2.79. The number of thioether (sulfide) groups is 1. The molecule has 1 saturated heterocycles. The number of amides is 2. The highest BCUT2D eigenvalue weighted by Gasteiger charge is 2.23. The van der Waals surface area contributed by atoms with E-state index in [0.717, 1.165) is 54.9 Å². The van der Waals surface area contributed by atoms with Crippen LogP contribution in [0.5, 0.6) is 0 Å². The molecule has 2 heterocycles. The van der Waals surface area contributed by atoms with Crippen LogP contribution < -0.4 is 14.9 Å². The topological polar surface area (TPSA) is 98.8 Å². The van der Waals surface area contributed by atoms with Crippen molar-refractivity contribution >= 4 is 50.7 Å². The van der Waals surface area contributed by atoms with E-state index in [1.165, 1.54) is 0 Å². The molecule has 2 aliphatic heterocycles. The summed E-state index contributed by atoms with van der Waals surface area (Å²) in [5.74, 6) is 1.69. The molecule has 0 radical (unpaired) electrons. The van der Waals surface area contributed by atoms with Gasteiger partial charge in [0.25, 0.3) is 5.91 Å². The maximum Gasteiger partial charge on any atom is 0.253 e. The molecule has 0 saturated carbocycles. The number of carbonyl (C=O) groups is 2. The van der Waals surface area contributed by atoms with Crippen molar-refractivity contribution in [3.63, 3.8) is 0 Å². The number of rotatable bonds is 6. The Bertz CT molecular complexity index is 1150. The van der Waals surface area contributed by atoms with Gasteiger partial charge in [-0.15, -0.1) is 0 Å². The van der Waals surface area contributed by atoms with E-state index >= 15 is 0 Å². The number of hydrogen-bond acceptors (Lipinski definition) is 6. The molecule has 176 valence electrons. The second-order valence-corrected chi connectivity index (χ2v) is 11.2. The third-order valence-corrected chi connectivity index (χ3v) is 7.20. The predicted octanol–water partition coefficient (Wildman–Crippen LogP) is 2.64. The van der Waals surface area contributed by atoms with Crippen molar-refractivity contribution in [1.29, 1.82) is 0 Å². The summed E-state index contributed by atoms with van der Waals surface area (Å²) in [6.07, 6.45) is 2.69. The molecule has 0 spiro atoms. The summed E-state index contributed by atoms with van der Waals surface area (Å²) in [6, 6.07) is 12.5. The second kappa shape index (κ2) is 10.0. The van der Waals surface area contributed by atoms with Gasteiger partial charge >= 0.3 is 0 Å². The van der Waals surface area contributed by atoms with Crippen LogP contribution >= 0.6 is 11.8 Å².